The van der Waals surface area contributed by atoms with E-state index in [0.717, 1.165) is 22.9 Å². The largest absolute Gasteiger partial charge is 0.450 e. The minimum absolute atomic E-state index is 0.0481. The van der Waals surface area contributed by atoms with Crippen molar-refractivity contribution in [2.75, 3.05) is 6.61 Å². The molecular weight excluding hydrogens is 306 g/mol. The van der Waals surface area contributed by atoms with E-state index >= 15 is 0 Å². The summed E-state index contributed by atoms with van der Waals surface area (Å²) in [5, 5.41) is 6.63. The van der Waals surface area contributed by atoms with Crippen LogP contribution in [0.3, 0.4) is 0 Å². The third kappa shape index (κ3) is 4.50. The first-order chi connectivity index (χ1) is 11.5. The Morgan fingerprint density at radius 1 is 1.21 bits per heavy atom. The summed E-state index contributed by atoms with van der Waals surface area (Å²) in [6.07, 6.45) is 2.51. The molecule has 1 heterocycles. The first-order valence-corrected chi connectivity index (χ1v) is 8.33. The molecule has 6 heteroatoms. The van der Waals surface area contributed by atoms with Crippen LogP contribution in [0, 0.1) is 0 Å². The smallest absolute Gasteiger partial charge is 0.407 e. The Bertz CT molecular complexity index is 696. The number of rotatable bonds is 7. The van der Waals surface area contributed by atoms with Gasteiger partial charge in [-0.05, 0) is 31.9 Å². The second-order valence-corrected chi connectivity index (χ2v) is 5.80. The molecule has 0 spiro atoms. The predicted octanol–water partition coefficient (Wildman–Crippen LogP) is 2.74. The van der Waals surface area contributed by atoms with Crippen molar-refractivity contribution >= 4 is 22.9 Å². The lowest BCUT2D eigenvalue weighted by atomic mass is 10.0. The number of amides is 2. The summed E-state index contributed by atoms with van der Waals surface area (Å²) in [5.74, 6) is -0.206. The van der Waals surface area contributed by atoms with Crippen LogP contribution in [-0.4, -0.2) is 35.7 Å². The molecule has 2 atom stereocenters. The highest BCUT2D eigenvalue weighted by Crippen LogP contribution is 2.19. The molecule has 24 heavy (non-hydrogen) atoms. The number of nitrogens with one attached hydrogen (secondary N) is 3. The molecule has 1 aromatic heterocycles. The van der Waals surface area contributed by atoms with Crippen LogP contribution >= 0.6 is 0 Å². The third-order valence-electron chi connectivity index (χ3n) is 3.98. The number of benzene rings is 1. The van der Waals surface area contributed by atoms with E-state index in [0.29, 0.717) is 6.42 Å². The Hall–Kier alpha value is -2.50. The molecule has 6 nitrogen and oxygen atoms in total. The zero-order valence-corrected chi connectivity index (χ0v) is 14.4. The number of hydrogen-bond donors (Lipinski definition) is 3. The number of carbonyl (C=O) groups is 2. The zero-order chi connectivity index (χ0) is 17.5. The number of H-pyrrole nitrogens is 1. The number of ether oxygens (including phenoxy) is 1. The van der Waals surface area contributed by atoms with E-state index in [1.54, 1.807) is 6.92 Å². The predicted molar refractivity (Wildman–Crippen MR) is 93.8 cm³/mol. The molecule has 0 aliphatic heterocycles. The van der Waals surface area contributed by atoms with E-state index in [1.807, 2.05) is 44.3 Å². The van der Waals surface area contributed by atoms with Crippen molar-refractivity contribution in [3.63, 3.8) is 0 Å². The fourth-order valence-electron chi connectivity index (χ4n) is 2.49. The van der Waals surface area contributed by atoms with Gasteiger partial charge in [0.15, 0.2) is 0 Å². The van der Waals surface area contributed by atoms with Gasteiger partial charge in [-0.1, -0.05) is 25.1 Å². The van der Waals surface area contributed by atoms with Crippen LogP contribution < -0.4 is 10.6 Å². The monoisotopic (exact) mass is 331 g/mol. The number of aromatic nitrogens is 1. The summed E-state index contributed by atoms with van der Waals surface area (Å²) in [4.78, 5) is 27.5. The van der Waals surface area contributed by atoms with E-state index in [1.165, 1.54) is 0 Å². The molecule has 1 unspecified atom stereocenters. The molecule has 0 fully saturated rings. The first kappa shape index (κ1) is 17.8. The van der Waals surface area contributed by atoms with E-state index in [-0.39, 0.29) is 18.6 Å². The highest BCUT2D eigenvalue weighted by molar-refractivity contribution is 5.88. The SMILES string of the molecule is CCOC(=O)N[C@H](Cc1c[nH]c2ccccc12)C(=O)NC(C)CC. The van der Waals surface area contributed by atoms with Crippen molar-refractivity contribution in [3.05, 3.63) is 36.0 Å². The summed E-state index contributed by atoms with van der Waals surface area (Å²) < 4.78 is 4.92. The lowest BCUT2D eigenvalue weighted by Crippen LogP contribution is -2.50. The zero-order valence-electron chi connectivity index (χ0n) is 14.4. The van der Waals surface area contributed by atoms with Crippen LogP contribution in [0.15, 0.2) is 30.5 Å². The molecule has 1 aromatic carbocycles. The fraction of sp³-hybridized carbons (Fsp3) is 0.444. The number of fused-ring (bicyclic) bond motifs is 1. The maximum absolute atomic E-state index is 12.5. The van der Waals surface area contributed by atoms with Crippen molar-refractivity contribution in [1.82, 2.24) is 15.6 Å². The van der Waals surface area contributed by atoms with Crippen LogP contribution in [0.25, 0.3) is 10.9 Å². The highest BCUT2D eigenvalue weighted by atomic mass is 16.5. The minimum Gasteiger partial charge on any atom is -0.450 e. The van der Waals surface area contributed by atoms with Gasteiger partial charge in [0, 0.05) is 29.6 Å². The summed E-state index contributed by atoms with van der Waals surface area (Å²) in [5.41, 5.74) is 1.98. The van der Waals surface area contributed by atoms with E-state index in [2.05, 4.69) is 15.6 Å². The molecule has 0 saturated carbocycles. The van der Waals surface area contributed by atoms with Gasteiger partial charge in [-0.3, -0.25) is 4.79 Å². The number of para-hydroxylation sites is 1. The van der Waals surface area contributed by atoms with E-state index in [9.17, 15) is 9.59 Å². The highest BCUT2D eigenvalue weighted by Gasteiger charge is 2.24. The van der Waals surface area contributed by atoms with Crippen molar-refractivity contribution in [2.24, 2.45) is 0 Å². The number of carbonyl (C=O) groups excluding carboxylic acids is 2. The molecule has 0 aliphatic rings. The standard InChI is InChI=1S/C18H25N3O3/c1-4-12(3)20-17(22)16(21-18(23)24-5-2)10-13-11-19-15-9-7-6-8-14(13)15/h6-9,11-12,16,19H,4-5,10H2,1-3H3,(H,20,22)(H,21,23)/t12?,16-/m1/s1. The second kappa shape index (κ2) is 8.38. The second-order valence-electron chi connectivity index (χ2n) is 5.80. The topological polar surface area (TPSA) is 83.2 Å². The third-order valence-corrected chi connectivity index (χ3v) is 3.98. The van der Waals surface area contributed by atoms with Gasteiger partial charge in [-0.15, -0.1) is 0 Å². The average Bonchev–Trinajstić information content (AvgIpc) is 2.97. The molecule has 0 saturated heterocycles. The Morgan fingerprint density at radius 2 is 1.96 bits per heavy atom. The molecule has 0 radical (unpaired) electrons. The maximum atomic E-state index is 12.5. The van der Waals surface area contributed by atoms with Crippen LogP contribution in [0.1, 0.15) is 32.8 Å². The number of alkyl carbamates (subject to hydrolysis) is 1. The maximum Gasteiger partial charge on any atom is 0.407 e. The quantitative estimate of drug-likeness (QED) is 0.729. The molecule has 0 bridgehead atoms. The van der Waals surface area contributed by atoms with Gasteiger partial charge in [0.05, 0.1) is 6.61 Å². The van der Waals surface area contributed by atoms with E-state index in [4.69, 9.17) is 4.74 Å². The molecule has 0 aliphatic carbocycles. The minimum atomic E-state index is -0.683. The Kier molecular flexibility index (Phi) is 6.23. The van der Waals surface area contributed by atoms with Gasteiger partial charge < -0.3 is 20.4 Å². The van der Waals surface area contributed by atoms with Crippen molar-refractivity contribution in [1.29, 1.82) is 0 Å². The Morgan fingerprint density at radius 3 is 2.67 bits per heavy atom. The van der Waals surface area contributed by atoms with Gasteiger partial charge >= 0.3 is 6.09 Å². The van der Waals surface area contributed by atoms with Gasteiger partial charge in [0.25, 0.3) is 0 Å². The molecular formula is C18H25N3O3. The first-order valence-electron chi connectivity index (χ1n) is 8.33. The van der Waals surface area contributed by atoms with Crippen LogP contribution in [0.4, 0.5) is 4.79 Å². The van der Waals surface area contributed by atoms with Crippen LogP contribution in [-0.2, 0) is 16.0 Å². The van der Waals surface area contributed by atoms with E-state index < -0.39 is 12.1 Å². The Balaban J connectivity index is 2.18. The molecule has 3 N–H and O–H groups in total. The van der Waals surface area contributed by atoms with Gasteiger partial charge in [-0.2, -0.15) is 0 Å². The van der Waals surface area contributed by atoms with Crippen LogP contribution in [0.5, 0.6) is 0 Å². The molecule has 2 rings (SSSR count). The van der Waals surface area contributed by atoms with Crippen molar-refractivity contribution in [3.8, 4) is 0 Å². The molecule has 2 amide bonds. The van der Waals surface area contributed by atoms with Gasteiger partial charge in [-0.25, -0.2) is 4.79 Å². The summed E-state index contributed by atoms with van der Waals surface area (Å²) in [6, 6.07) is 7.24. The normalized spacial score (nSPS) is 13.3. The van der Waals surface area contributed by atoms with Crippen LogP contribution in [0.2, 0.25) is 0 Å². The summed E-state index contributed by atoms with van der Waals surface area (Å²) in [6.45, 7) is 5.93. The summed E-state index contributed by atoms with van der Waals surface area (Å²) in [7, 11) is 0. The average molecular weight is 331 g/mol. The number of hydrogen-bond acceptors (Lipinski definition) is 3. The summed E-state index contributed by atoms with van der Waals surface area (Å²) >= 11 is 0. The van der Waals surface area contributed by atoms with Gasteiger partial charge in [0.1, 0.15) is 6.04 Å². The lowest BCUT2D eigenvalue weighted by molar-refractivity contribution is -0.123. The molecule has 2 aromatic rings. The van der Waals surface area contributed by atoms with Crippen molar-refractivity contribution in [2.45, 2.75) is 45.7 Å². The Labute approximate surface area is 142 Å². The lowest BCUT2D eigenvalue weighted by Gasteiger charge is -2.20. The van der Waals surface area contributed by atoms with Crippen molar-refractivity contribution < 1.29 is 14.3 Å². The fourth-order valence-corrected chi connectivity index (χ4v) is 2.49. The van der Waals surface area contributed by atoms with Gasteiger partial charge in [0.2, 0.25) is 5.91 Å². The molecule has 130 valence electrons. The number of aromatic amines is 1.